The third-order valence-corrected chi connectivity index (χ3v) is 1.13. The molecule has 76 valence electrons. The summed E-state index contributed by atoms with van der Waals surface area (Å²) >= 11 is 0. The van der Waals surface area contributed by atoms with Crippen LogP contribution in [0.2, 0.25) is 0 Å². The van der Waals surface area contributed by atoms with Crippen molar-refractivity contribution in [3.8, 4) is 0 Å². The van der Waals surface area contributed by atoms with Crippen LogP contribution in [-0.2, 0) is 0 Å². The number of nitrogens with two attached hydrogens (primary N) is 1. The summed E-state index contributed by atoms with van der Waals surface area (Å²) in [6.45, 7) is 0. The van der Waals surface area contributed by atoms with E-state index < -0.39 is 12.0 Å². The molecular weight excluding hydrogens is 199 g/mol. The number of hydrazone groups is 1. The van der Waals surface area contributed by atoms with Gasteiger partial charge in [0.25, 0.3) is 0 Å². The summed E-state index contributed by atoms with van der Waals surface area (Å²) in [5.41, 5.74) is 6.58. The van der Waals surface area contributed by atoms with Crippen LogP contribution in [0, 0.1) is 0 Å². The third kappa shape index (κ3) is 2.88. The lowest BCUT2D eigenvalue weighted by Crippen LogP contribution is -2.32. The van der Waals surface area contributed by atoms with Crippen LogP contribution < -0.4 is 11.2 Å². The van der Waals surface area contributed by atoms with Gasteiger partial charge in [-0.25, -0.2) is 15.4 Å². The molecule has 0 amide bonds. The van der Waals surface area contributed by atoms with Gasteiger partial charge in [0.2, 0.25) is 11.8 Å². The standard InChI is InChI=1S/C6H6F3N5/c7-6(8,9)4(10)13-14-5-11-2-1-3-12-5/h1-3H,(H2,10,13)(H,11,12,14). The lowest BCUT2D eigenvalue weighted by atomic mass is 10.6. The molecule has 0 bridgehead atoms. The fourth-order valence-corrected chi connectivity index (χ4v) is 0.530. The van der Waals surface area contributed by atoms with Gasteiger partial charge in [-0.2, -0.15) is 18.3 Å². The van der Waals surface area contributed by atoms with Crippen molar-refractivity contribution >= 4 is 11.8 Å². The third-order valence-electron chi connectivity index (χ3n) is 1.13. The second-order valence-corrected chi connectivity index (χ2v) is 2.18. The summed E-state index contributed by atoms with van der Waals surface area (Å²) in [6, 6.07) is 1.52. The van der Waals surface area contributed by atoms with E-state index in [1.165, 1.54) is 18.5 Å². The van der Waals surface area contributed by atoms with Crippen molar-refractivity contribution in [2.75, 3.05) is 5.43 Å². The first kappa shape index (κ1) is 10.2. The molecule has 0 saturated heterocycles. The number of hydrogen-bond donors (Lipinski definition) is 2. The maximum atomic E-state index is 11.8. The molecule has 5 nitrogen and oxygen atoms in total. The molecule has 14 heavy (non-hydrogen) atoms. The van der Waals surface area contributed by atoms with Crippen molar-refractivity contribution in [1.82, 2.24) is 9.97 Å². The fraction of sp³-hybridized carbons (Fsp3) is 0.167. The number of hydrogen-bond acceptors (Lipinski definition) is 4. The van der Waals surface area contributed by atoms with Crippen LogP contribution >= 0.6 is 0 Å². The van der Waals surface area contributed by atoms with Crippen molar-refractivity contribution in [3.63, 3.8) is 0 Å². The maximum Gasteiger partial charge on any atom is 0.450 e. The van der Waals surface area contributed by atoms with E-state index in [1.54, 1.807) is 0 Å². The monoisotopic (exact) mass is 205 g/mol. The molecule has 0 spiro atoms. The van der Waals surface area contributed by atoms with Gasteiger partial charge in [0.15, 0.2) is 0 Å². The molecule has 0 aromatic carbocycles. The molecule has 0 saturated carbocycles. The lowest BCUT2D eigenvalue weighted by Gasteiger charge is -2.04. The van der Waals surface area contributed by atoms with E-state index >= 15 is 0 Å². The molecule has 1 aromatic rings. The van der Waals surface area contributed by atoms with E-state index in [4.69, 9.17) is 0 Å². The van der Waals surface area contributed by atoms with Crippen molar-refractivity contribution < 1.29 is 13.2 Å². The highest BCUT2D eigenvalue weighted by Gasteiger charge is 2.33. The summed E-state index contributed by atoms with van der Waals surface area (Å²) < 4.78 is 35.4. The van der Waals surface area contributed by atoms with E-state index in [0.29, 0.717) is 0 Å². The molecule has 8 heteroatoms. The summed E-state index contributed by atoms with van der Waals surface area (Å²) in [6.07, 6.45) is -1.94. The number of alkyl halides is 3. The first-order valence-electron chi connectivity index (χ1n) is 3.43. The Balaban J connectivity index is 2.65. The van der Waals surface area contributed by atoms with Gasteiger partial charge in [0.1, 0.15) is 0 Å². The largest absolute Gasteiger partial charge is 0.450 e. The zero-order valence-corrected chi connectivity index (χ0v) is 6.78. The number of aromatic nitrogens is 2. The zero-order valence-electron chi connectivity index (χ0n) is 6.78. The summed E-state index contributed by atoms with van der Waals surface area (Å²) in [7, 11) is 0. The predicted octanol–water partition coefficient (Wildman–Crippen LogP) is 0.723. The van der Waals surface area contributed by atoms with Crippen LogP contribution in [-0.4, -0.2) is 22.0 Å². The number of anilines is 1. The Hall–Kier alpha value is -1.86. The van der Waals surface area contributed by atoms with E-state index in [1.807, 2.05) is 5.43 Å². The quantitative estimate of drug-likeness (QED) is 0.423. The van der Waals surface area contributed by atoms with Crippen molar-refractivity contribution in [2.45, 2.75) is 6.18 Å². The highest BCUT2D eigenvalue weighted by atomic mass is 19.4. The van der Waals surface area contributed by atoms with Gasteiger partial charge in [-0.05, 0) is 6.07 Å². The Morgan fingerprint density at radius 2 is 1.93 bits per heavy atom. The van der Waals surface area contributed by atoms with Gasteiger partial charge in [-0.1, -0.05) is 0 Å². The first-order valence-corrected chi connectivity index (χ1v) is 3.43. The van der Waals surface area contributed by atoms with Crippen molar-refractivity contribution in [2.24, 2.45) is 10.8 Å². The highest BCUT2D eigenvalue weighted by molar-refractivity contribution is 5.86. The zero-order chi connectivity index (χ0) is 10.6. The molecule has 1 heterocycles. The Labute approximate surface area is 76.9 Å². The minimum atomic E-state index is -4.65. The Bertz CT molecular complexity index is 320. The average Bonchev–Trinajstić information content (AvgIpc) is 2.14. The van der Waals surface area contributed by atoms with E-state index in [0.717, 1.165) is 0 Å². The van der Waals surface area contributed by atoms with Gasteiger partial charge < -0.3 is 5.73 Å². The summed E-state index contributed by atoms with van der Waals surface area (Å²) in [5.74, 6) is -1.54. The minimum Gasteiger partial charge on any atom is -0.378 e. The normalized spacial score (nSPS) is 12.6. The summed E-state index contributed by atoms with van der Waals surface area (Å²) in [5, 5.41) is 2.86. The average molecular weight is 205 g/mol. The van der Waals surface area contributed by atoms with Crippen LogP contribution in [0.4, 0.5) is 19.1 Å². The van der Waals surface area contributed by atoms with E-state index in [9.17, 15) is 13.2 Å². The molecule has 0 fully saturated rings. The summed E-state index contributed by atoms with van der Waals surface area (Å²) in [4.78, 5) is 7.16. The smallest absolute Gasteiger partial charge is 0.378 e. The van der Waals surface area contributed by atoms with Gasteiger partial charge in [-0.3, -0.25) is 0 Å². The number of rotatable bonds is 2. The van der Waals surface area contributed by atoms with Crippen molar-refractivity contribution in [1.29, 1.82) is 0 Å². The van der Waals surface area contributed by atoms with Gasteiger partial charge in [-0.15, -0.1) is 0 Å². The number of nitrogens with one attached hydrogen (secondary N) is 1. The van der Waals surface area contributed by atoms with Gasteiger partial charge in [0.05, 0.1) is 0 Å². The van der Waals surface area contributed by atoms with Crippen LogP contribution in [0.1, 0.15) is 0 Å². The fourth-order valence-electron chi connectivity index (χ4n) is 0.530. The molecule has 0 atom stereocenters. The number of amidine groups is 1. The number of halogens is 3. The Kier molecular flexibility index (Phi) is 2.85. The molecule has 0 aliphatic heterocycles. The molecule has 3 N–H and O–H groups in total. The molecule has 1 rings (SSSR count). The van der Waals surface area contributed by atoms with Crippen LogP contribution in [0.3, 0.4) is 0 Å². The molecular formula is C6H6F3N5. The minimum absolute atomic E-state index is 0.0558. The van der Waals surface area contributed by atoms with E-state index in [-0.39, 0.29) is 5.95 Å². The predicted molar refractivity (Wildman–Crippen MR) is 43.3 cm³/mol. The van der Waals surface area contributed by atoms with E-state index in [2.05, 4.69) is 20.8 Å². The Morgan fingerprint density at radius 3 is 2.43 bits per heavy atom. The van der Waals surface area contributed by atoms with Crippen LogP contribution in [0.5, 0.6) is 0 Å². The second-order valence-electron chi connectivity index (χ2n) is 2.18. The Morgan fingerprint density at radius 1 is 1.36 bits per heavy atom. The van der Waals surface area contributed by atoms with Gasteiger partial charge in [0, 0.05) is 12.4 Å². The number of nitrogens with zero attached hydrogens (tertiary/aromatic N) is 3. The van der Waals surface area contributed by atoms with Crippen molar-refractivity contribution in [3.05, 3.63) is 18.5 Å². The molecule has 0 unspecified atom stereocenters. The first-order chi connectivity index (χ1) is 6.50. The molecule has 0 aliphatic carbocycles. The molecule has 1 aromatic heterocycles. The molecule has 0 radical (unpaired) electrons. The van der Waals surface area contributed by atoms with Crippen LogP contribution in [0.25, 0.3) is 0 Å². The topological polar surface area (TPSA) is 76.2 Å². The second kappa shape index (κ2) is 3.90. The highest BCUT2D eigenvalue weighted by Crippen LogP contribution is 2.14. The maximum absolute atomic E-state index is 11.8. The van der Waals surface area contributed by atoms with Gasteiger partial charge >= 0.3 is 6.18 Å². The SMILES string of the molecule is N/C(=N\Nc1ncccn1)C(F)(F)F. The van der Waals surface area contributed by atoms with Crippen LogP contribution in [0.15, 0.2) is 23.6 Å². The molecule has 0 aliphatic rings. The lowest BCUT2D eigenvalue weighted by molar-refractivity contribution is -0.0599.